The largest absolute Gasteiger partial charge is 0.276 e. The number of aryl methyl sites for hydroxylation is 1. The normalized spacial score (nSPS) is 21.7. The molecule has 0 bridgehead atoms. The van der Waals surface area contributed by atoms with Crippen molar-refractivity contribution in [3.8, 4) is 0 Å². The van der Waals surface area contributed by atoms with Crippen LogP contribution in [0.1, 0.15) is 30.1 Å². The van der Waals surface area contributed by atoms with Crippen molar-refractivity contribution < 1.29 is 13.3 Å². The van der Waals surface area contributed by atoms with Gasteiger partial charge in [0.15, 0.2) is 0 Å². The minimum absolute atomic E-state index is 0.246. The van der Waals surface area contributed by atoms with Crippen LogP contribution in [0.4, 0.5) is 0 Å². The number of sulfonamides is 1. The van der Waals surface area contributed by atoms with Crippen molar-refractivity contribution in [2.24, 2.45) is 0 Å². The summed E-state index contributed by atoms with van der Waals surface area (Å²) in [6.45, 7) is 5.67. The van der Waals surface area contributed by atoms with Gasteiger partial charge in [-0.2, -0.15) is 0 Å². The maximum Gasteiger partial charge on any atom is 0.265 e. The van der Waals surface area contributed by atoms with E-state index < -0.39 is 10.0 Å². The summed E-state index contributed by atoms with van der Waals surface area (Å²) in [5, 5.41) is 0. The van der Waals surface area contributed by atoms with Gasteiger partial charge in [-0.25, -0.2) is 8.42 Å². The van der Waals surface area contributed by atoms with Crippen molar-refractivity contribution in [2.75, 3.05) is 0 Å². The fourth-order valence-electron chi connectivity index (χ4n) is 2.89. The van der Waals surface area contributed by atoms with Crippen molar-refractivity contribution in [1.29, 1.82) is 0 Å². The summed E-state index contributed by atoms with van der Waals surface area (Å²) in [6.07, 6.45) is 2.63. The highest BCUT2D eigenvalue weighted by molar-refractivity contribution is 7.89. The van der Waals surface area contributed by atoms with E-state index in [-0.39, 0.29) is 17.0 Å². The smallest absolute Gasteiger partial charge is 0.265 e. The molecule has 1 heterocycles. The van der Waals surface area contributed by atoms with Crippen LogP contribution in [-0.4, -0.2) is 18.9 Å². The van der Waals surface area contributed by atoms with Crippen molar-refractivity contribution >= 4 is 10.0 Å². The Kier molecular flexibility index (Phi) is 4.85. The van der Waals surface area contributed by atoms with Gasteiger partial charge in [-0.3, -0.25) is 4.84 Å². The van der Waals surface area contributed by atoms with E-state index in [0.29, 0.717) is 12.8 Å². The summed E-state index contributed by atoms with van der Waals surface area (Å²) in [5.74, 6) is 0. The third-order valence-electron chi connectivity index (χ3n) is 4.18. The van der Waals surface area contributed by atoms with Crippen LogP contribution in [0.5, 0.6) is 0 Å². The first-order chi connectivity index (χ1) is 11.5. The van der Waals surface area contributed by atoms with Gasteiger partial charge in [-0.1, -0.05) is 58.6 Å². The molecular formula is C19H21NO3S. The van der Waals surface area contributed by atoms with Crippen LogP contribution in [0, 0.1) is 6.92 Å². The average Bonchev–Trinajstić information content (AvgIpc) is 3.01. The van der Waals surface area contributed by atoms with E-state index >= 15 is 0 Å². The molecule has 0 unspecified atom stereocenters. The summed E-state index contributed by atoms with van der Waals surface area (Å²) < 4.78 is 27.1. The first-order valence-electron chi connectivity index (χ1n) is 7.96. The highest BCUT2D eigenvalue weighted by atomic mass is 32.2. The SMILES string of the molecule is C=CC[C@H]1C[C@H](c2ccccc2)ON1S(=O)(=O)c1ccc(C)cc1. The number of hydroxylamine groups is 1. The van der Waals surface area contributed by atoms with Gasteiger partial charge in [0.1, 0.15) is 6.10 Å². The molecule has 2 aromatic rings. The van der Waals surface area contributed by atoms with Crippen molar-refractivity contribution in [1.82, 2.24) is 4.47 Å². The van der Waals surface area contributed by atoms with Gasteiger partial charge in [0.05, 0.1) is 10.9 Å². The second-order valence-electron chi connectivity index (χ2n) is 5.99. The molecule has 0 N–H and O–H groups in total. The lowest BCUT2D eigenvalue weighted by Gasteiger charge is -2.21. The lowest BCUT2D eigenvalue weighted by molar-refractivity contribution is -0.0909. The molecule has 1 fully saturated rings. The Labute approximate surface area is 143 Å². The number of hydrogen-bond donors (Lipinski definition) is 0. The van der Waals surface area contributed by atoms with E-state index in [1.807, 2.05) is 37.3 Å². The number of hydrogen-bond acceptors (Lipinski definition) is 3. The lowest BCUT2D eigenvalue weighted by atomic mass is 10.0. The zero-order valence-electron chi connectivity index (χ0n) is 13.6. The van der Waals surface area contributed by atoms with Gasteiger partial charge in [0, 0.05) is 0 Å². The molecule has 0 amide bonds. The third kappa shape index (κ3) is 3.29. The molecule has 0 spiro atoms. The van der Waals surface area contributed by atoms with Crippen LogP contribution < -0.4 is 0 Å². The van der Waals surface area contributed by atoms with Crippen molar-refractivity contribution in [3.05, 3.63) is 78.4 Å². The molecule has 1 aliphatic heterocycles. The molecule has 0 saturated carbocycles. The first-order valence-corrected chi connectivity index (χ1v) is 9.40. The third-order valence-corrected chi connectivity index (χ3v) is 5.91. The standard InChI is InChI=1S/C19H21NO3S/c1-3-7-17-14-19(16-8-5-4-6-9-16)23-20(17)24(21,22)18-12-10-15(2)11-13-18/h3-6,8-13,17,19H,1,7,14H2,2H3/t17-,19+/m0/s1. The predicted molar refractivity (Wildman–Crippen MR) is 93.7 cm³/mol. The second kappa shape index (κ2) is 6.89. The van der Waals surface area contributed by atoms with Gasteiger partial charge >= 0.3 is 0 Å². The van der Waals surface area contributed by atoms with Gasteiger partial charge in [-0.15, -0.1) is 6.58 Å². The zero-order valence-corrected chi connectivity index (χ0v) is 14.4. The Morgan fingerprint density at radius 2 is 1.83 bits per heavy atom. The predicted octanol–water partition coefficient (Wildman–Crippen LogP) is 4.01. The van der Waals surface area contributed by atoms with Crippen LogP contribution in [0.2, 0.25) is 0 Å². The van der Waals surface area contributed by atoms with Gasteiger partial charge in [-0.05, 0) is 37.5 Å². The summed E-state index contributed by atoms with van der Waals surface area (Å²) >= 11 is 0. The molecule has 0 radical (unpaired) electrons. The lowest BCUT2D eigenvalue weighted by Crippen LogP contribution is -2.34. The molecule has 2 atom stereocenters. The van der Waals surface area contributed by atoms with Crippen LogP contribution in [-0.2, 0) is 14.9 Å². The average molecular weight is 343 g/mol. The molecule has 0 aliphatic carbocycles. The quantitative estimate of drug-likeness (QED) is 0.771. The summed E-state index contributed by atoms with van der Waals surface area (Å²) in [5.41, 5.74) is 1.99. The molecule has 5 heteroatoms. The topological polar surface area (TPSA) is 46.6 Å². The number of rotatable bonds is 5. The summed E-state index contributed by atoms with van der Waals surface area (Å²) in [6, 6.07) is 16.3. The van der Waals surface area contributed by atoms with E-state index in [0.717, 1.165) is 15.6 Å². The Hall–Kier alpha value is -1.95. The summed E-state index contributed by atoms with van der Waals surface area (Å²) in [7, 11) is -3.70. The monoisotopic (exact) mass is 343 g/mol. The second-order valence-corrected chi connectivity index (χ2v) is 7.77. The van der Waals surface area contributed by atoms with Crippen LogP contribution in [0.3, 0.4) is 0 Å². The molecule has 3 rings (SSSR count). The highest BCUT2D eigenvalue weighted by Gasteiger charge is 2.41. The Morgan fingerprint density at radius 3 is 2.46 bits per heavy atom. The van der Waals surface area contributed by atoms with Crippen LogP contribution >= 0.6 is 0 Å². The minimum atomic E-state index is -3.70. The maximum absolute atomic E-state index is 13.0. The number of benzene rings is 2. The van der Waals surface area contributed by atoms with Gasteiger partial charge in [0.2, 0.25) is 0 Å². The number of nitrogens with zero attached hydrogens (tertiary/aromatic N) is 1. The van der Waals surface area contributed by atoms with E-state index in [9.17, 15) is 8.42 Å². The molecule has 24 heavy (non-hydrogen) atoms. The molecule has 1 aliphatic rings. The van der Waals surface area contributed by atoms with E-state index in [4.69, 9.17) is 4.84 Å². The Bertz CT molecular complexity index is 800. The molecule has 1 saturated heterocycles. The first kappa shape index (κ1) is 16.9. The van der Waals surface area contributed by atoms with Crippen LogP contribution in [0.25, 0.3) is 0 Å². The van der Waals surface area contributed by atoms with E-state index in [2.05, 4.69) is 6.58 Å². The fraction of sp³-hybridized carbons (Fsp3) is 0.263. The summed E-state index contributed by atoms with van der Waals surface area (Å²) in [4.78, 5) is 6.11. The minimum Gasteiger partial charge on any atom is -0.276 e. The van der Waals surface area contributed by atoms with Crippen molar-refractivity contribution in [3.63, 3.8) is 0 Å². The molecule has 2 aromatic carbocycles. The fourth-order valence-corrected chi connectivity index (χ4v) is 4.36. The zero-order chi connectivity index (χ0) is 17.2. The molecule has 4 nitrogen and oxygen atoms in total. The van der Waals surface area contributed by atoms with E-state index in [1.54, 1.807) is 30.3 Å². The molecule has 126 valence electrons. The highest BCUT2D eigenvalue weighted by Crippen LogP contribution is 2.38. The van der Waals surface area contributed by atoms with Crippen LogP contribution in [0.15, 0.2) is 72.1 Å². The molecular weight excluding hydrogens is 322 g/mol. The Morgan fingerprint density at radius 1 is 1.17 bits per heavy atom. The Balaban J connectivity index is 1.92. The van der Waals surface area contributed by atoms with Crippen molar-refractivity contribution in [2.45, 2.75) is 36.8 Å². The molecule has 0 aromatic heterocycles. The van der Waals surface area contributed by atoms with Gasteiger partial charge < -0.3 is 0 Å². The van der Waals surface area contributed by atoms with E-state index in [1.165, 1.54) is 0 Å². The maximum atomic E-state index is 13.0. The van der Waals surface area contributed by atoms with Gasteiger partial charge in [0.25, 0.3) is 10.0 Å².